The van der Waals surface area contributed by atoms with Crippen molar-refractivity contribution in [3.05, 3.63) is 35.4 Å². The van der Waals surface area contributed by atoms with Gasteiger partial charge in [-0.05, 0) is 72.5 Å². The van der Waals surface area contributed by atoms with Crippen molar-refractivity contribution < 1.29 is 0 Å². The van der Waals surface area contributed by atoms with E-state index < -0.39 is 0 Å². The molecule has 16 heavy (non-hydrogen) atoms. The lowest BCUT2D eigenvalue weighted by atomic mass is 10.1. The van der Waals surface area contributed by atoms with E-state index in [4.69, 9.17) is 0 Å². The smallest absolute Gasteiger partial charge is 0.0198 e. The van der Waals surface area contributed by atoms with Crippen LogP contribution in [0.5, 0.6) is 0 Å². The van der Waals surface area contributed by atoms with Gasteiger partial charge >= 0.3 is 0 Å². The van der Waals surface area contributed by atoms with Gasteiger partial charge in [-0.2, -0.15) is 0 Å². The fourth-order valence-corrected chi connectivity index (χ4v) is 2.97. The number of nitrogens with zero attached hydrogens (tertiary/aromatic N) is 1. The van der Waals surface area contributed by atoms with Gasteiger partial charge in [0.1, 0.15) is 0 Å². The van der Waals surface area contributed by atoms with Crippen LogP contribution in [0, 0.1) is 0 Å². The second-order valence-electron chi connectivity index (χ2n) is 3.68. The van der Waals surface area contributed by atoms with E-state index in [1.807, 2.05) is 0 Å². The highest BCUT2D eigenvalue weighted by molar-refractivity contribution is 8.75. The molecule has 0 aromatic heterocycles. The SMILES string of the molecule is C/C=C/c1ccc(SSN(C)C)cc1CC. The Morgan fingerprint density at radius 3 is 2.62 bits per heavy atom. The summed E-state index contributed by atoms with van der Waals surface area (Å²) in [4.78, 5) is 1.32. The monoisotopic (exact) mass is 253 g/mol. The Labute approximate surface area is 107 Å². The fourth-order valence-electron chi connectivity index (χ4n) is 1.40. The van der Waals surface area contributed by atoms with Gasteiger partial charge in [-0.1, -0.05) is 25.1 Å². The molecule has 0 radical (unpaired) electrons. The maximum atomic E-state index is 2.29. The number of rotatable bonds is 5. The van der Waals surface area contributed by atoms with E-state index in [9.17, 15) is 0 Å². The van der Waals surface area contributed by atoms with Crippen LogP contribution in [-0.2, 0) is 6.42 Å². The van der Waals surface area contributed by atoms with Gasteiger partial charge in [0.25, 0.3) is 0 Å². The van der Waals surface area contributed by atoms with Gasteiger partial charge in [-0.15, -0.1) is 0 Å². The van der Waals surface area contributed by atoms with Crippen molar-refractivity contribution >= 4 is 27.8 Å². The maximum Gasteiger partial charge on any atom is 0.0198 e. The highest BCUT2D eigenvalue weighted by Gasteiger charge is 2.01. The largest absolute Gasteiger partial charge is 0.247 e. The molecule has 0 aliphatic rings. The topological polar surface area (TPSA) is 3.24 Å². The first-order valence-electron chi connectivity index (χ1n) is 5.45. The summed E-state index contributed by atoms with van der Waals surface area (Å²) in [5, 5.41) is 0. The molecule has 0 aliphatic heterocycles. The number of allylic oxidation sites excluding steroid dienone is 1. The van der Waals surface area contributed by atoms with Crippen molar-refractivity contribution in [2.75, 3.05) is 14.1 Å². The van der Waals surface area contributed by atoms with E-state index in [0.29, 0.717) is 0 Å². The number of hydrogen-bond donors (Lipinski definition) is 0. The van der Waals surface area contributed by atoms with Crippen LogP contribution in [0.15, 0.2) is 29.2 Å². The van der Waals surface area contributed by atoms with Crippen molar-refractivity contribution in [2.45, 2.75) is 25.2 Å². The summed E-state index contributed by atoms with van der Waals surface area (Å²) in [6.45, 7) is 4.26. The predicted octanol–water partition coefficient (Wildman–Crippen LogP) is 4.50. The number of hydrogen-bond acceptors (Lipinski definition) is 3. The van der Waals surface area contributed by atoms with E-state index in [1.165, 1.54) is 16.0 Å². The Bertz CT molecular complexity index is 359. The Hall–Kier alpha value is -0.380. The Morgan fingerprint density at radius 2 is 2.06 bits per heavy atom. The molecule has 0 atom stereocenters. The van der Waals surface area contributed by atoms with Crippen molar-refractivity contribution in [1.29, 1.82) is 0 Å². The van der Waals surface area contributed by atoms with Crippen molar-refractivity contribution in [1.82, 2.24) is 4.31 Å². The molecule has 1 nitrogen and oxygen atoms in total. The predicted molar refractivity (Wildman–Crippen MR) is 77.7 cm³/mol. The molecular formula is C13H19NS2. The number of benzene rings is 1. The van der Waals surface area contributed by atoms with Crippen LogP contribution in [0.25, 0.3) is 6.08 Å². The first-order chi connectivity index (χ1) is 7.67. The summed E-state index contributed by atoms with van der Waals surface area (Å²) in [5.41, 5.74) is 2.76. The minimum absolute atomic E-state index is 1.08. The van der Waals surface area contributed by atoms with Gasteiger partial charge in [0.15, 0.2) is 0 Å². The molecule has 0 aliphatic carbocycles. The van der Waals surface area contributed by atoms with Gasteiger partial charge in [-0.3, -0.25) is 0 Å². The summed E-state index contributed by atoms with van der Waals surface area (Å²) in [5.74, 6) is 0. The van der Waals surface area contributed by atoms with Crippen LogP contribution < -0.4 is 0 Å². The molecule has 0 spiro atoms. The molecule has 1 aromatic rings. The third-order valence-electron chi connectivity index (χ3n) is 2.12. The lowest BCUT2D eigenvalue weighted by Crippen LogP contribution is -1.95. The second kappa shape index (κ2) is 7.05. The van der Waals surface area contributed by atoms with Crippen LogP contribution in [0.3, 0.4) is 0 Å². The van der Waals surface area contributed by atoms with Gasteiger partial charge in [0.2, 0.25) is 0 Å². The molecule has 0 saturated heterocycles. The Kier molecular flexibility index (Phi) is 6.03. The van der Waals surface area contributed by atoms with E-state index in [2.05, 4.69) is 62.6 Å². The lowest BCUT2D eigenvalue weighted by molar-refractivity contribution is 0.711. The average Bonchev–Trinajstić information content (AvgIpc) is 2.28. The van der Waals surface area contributed by atoms with E-state index >= 15 is 0 Å². The Balaban J connectivity index is 2.82. The van der Waals surface area contributed by atoms with E-state index in [1.54, 1.807) is 21.8 Å². The second-order valence-corrected chi connectivity index (χ2v) is 6.15. The quantitative estimate of drug-likeness (QED) is 0.562. The Morgan fingerprint density at radius 1 is 1.31 bits per heavy atom. The third-order valence-corrected chi connectivity index (χ3v) is 4.64. The molecular weight excluding hydrogens is 234 g/mol. The molecule has 0 unspecified atom stereocenters. The average molecular weight is 253 g/mol. The molecule has 1 rings (SSSR count). The van der Waals surface area contributed by atoms with Crippen LogP contribution in [0.1, 0.15) is 25.0 Å². The normalized spacial score (nSPS) is 11.6. The molecule has 0 saturated carbocycles. The molecule has 0 N–H and O–H groups in total. The summed E-state index contributed by atoms with van der Waals surface area (Å²) >= 11 is 0. The zero-order valence-electron chi connectivity index (χ0n) is 10.4. The first kappa shape index (κ1) is 13.7. The van der Waals surface area contributed by atoms with Crippen molar-refractivity contribution in [3.63, 3.8) is 0 Å². The molecule has 0 amide bonds. The molecule has 0 bridgehead atoms. The zero-order valence-corrected chi connectivity index (χ0v) is 12.0. The van der Waals surface area contributed by atoms with Gasteiger partial charge < -0.3 is 0 Å². The molecule has 3 heteroatoms. The van der Waals surface area contributed by atoms with Gasteiger partial charge in [0.05, 0.1) is 0 Å². The van der Waals surface area contributed by atoms with Crippen LogP contribution in [0.4, 0.5) is 0 Å². The summed E-state index contributed by atoms with van der Waals surface area (Å²) < 4.78 is 2.11. The van der Waals surface area contributed by atoms with Crippen molar-refractivity contribution in [3.8, 4) is 0 Å². The minimum Gasteiger partial charge on any atom is -0.247 e. The number of aryl methyl sites for hydroxylation is 1. The maximum absolute atomic E-state index is 2.29. The minimum atomic E-state index is 1.08. The lowest BCUT2D eigenvalue weighted by Gasteiger charge is -2.09. The zero-order chi connectivity index (χ0) is 12.0. The molecule has 1 aromatic carbocycles. The van der Waals surface area contributed by atoms with E-state index in [0.717, 1.165) is 6.42 Å². The standard InChI is InChI=1S/C13H19NS2/c1-5-7-12-8-9-13(10-11(12)6-2)15-16-14(3)4/h5,7-10H,6H2,1-4H3/b7-5+. The molecule has 0 heterocycles. The van der Waals surface area contributed by atoms with Crippen LogP contribution in [0.2, 0.25) is 0 Å². The van der Waals surface area contributed by atoms with Gasteiger partial charge in [0, 0.05) is 4.90 Å². The van der Waals surface area contributed by atoms with E-state index in [-0.39, 0.29) is 0 Å². The van der Waals surface area contributed by atoms with Gasteiger partial charge in [-0.25, -0.2) is 4.31 Å². The molecule has 0 fully saturated rings. The summed E-state index contributed by atoms with van der Waals surface area (Å²) in [6.07, 6.45) is 5.35. The summed E-state index contributed by atoms with van der Waals surface area (Å²) in [6, 6.07) is 6.68. The third kappa shape index (κ3) is 4.24. The highest BCUT2D eigenvalue weighted by atomic mass is 33.1. The van der Waals surface area contributed by atoms with Crippen LogP contribution in [-0.4, -0.2) is 18.4 Å². The fraction of sp³-hybridized carbons (Fsp3) is 0.385. The molecule has 88 valence electrons. The highest BCUT2D eigenvalue weighted by Crippen LogP contribution is 2.33. The summed E-state index contributed by atoms with van der Waals surface area (Å²) in [7, 11) is 7.68. The van der Waals surface area contributed by atoms with Crippen molar-refractivity contribution in [2.24, 2.45) is 0 Å². The first-order valence-corrected chi connectivity index (χ1v) is 7.55. The van der Waals surface area contributed by atoms with Crippen LogP contribution >= 0.6 is 21.8 Å².